The molecular formula is C21H23N3O5S. The van der Waals surface area contributed by atoms with Gasteiger partial charge in [0.1, 0.15) is 5.76 Å². The van der Waals surface area contributed by atoms with Crippen molar-refractivity contribution in [3.05, 3.63) is 71.1 Å². The van der Waals surface area contributed by atoms with Crippen molar-refractivity contribution in [3.63, 3.8) is 0 Å². The highest BCUT2D eigenvalue weighted by Crippen LogP contribution is 2.26. The average Bonchev–Trinajstić information content (AvgIpc) is 3.04. The Morgan fingerprint density at radius 3 is 2.47 bits per heavy atom. The molecule has 0 saturated heterocycles. The number of nitrogens with zero attached hydrogens (tertiary/aromatic N) is 2. The molecule has 0 aliphatic heterocycles. The number of rotatable bonds is 8. The van der Waals surface area contributed by atoms with E-state index in [1.165, 1.54) is 18.2 Å². The Kier molecular flexibility index (Phi) is 6.12. The van der Waals surface area contributed by atoms with Crippen LogP contribution in [-0.4, -0.2) is 38.2 Å². The van der Waals surface area contributed by atoms with Crippen LogP contribution in [0.25, 0.3) is 0 Å². The van der Waals surface area contributed by atoms with Crippen molar-refractivity contribution in [1.29, 1.82) is 0 Å². The third-order valence-corrected chi connectivity index (χ3v) is 6.22. The number of benzene rings is 2. The summed E-state index contributed by atoms with van der Waals surface area (Å²) in [6, 6.07) is 12.4. The van der Waals surface area contributed by atoms with Crippen molar-refractivity contribution in [3.8, 4) is 0 Å². The number of carbonyl (C=O) groups is 1. The third-order valence-electron chi connectivity index (χ3n) is 4.82. The normalized spacial score (nSPS) is 11.3. The molecule has 30 heavy (non-hydrogen) atoms. The standard InChI is InChI=1S/C21H23N3O5S/c1-14-18(15(2)29-22-14)11-12-24(3)20-10-9-16(13-19(20)21(25)26)23-30(27,28)17-7-5-4-6-8-17/h4-10,13,23H,11-12H2,1-3H3,(H,25,26). The van der Waals surface area contributed by atoms with Crippen molar-refractivity contribution < 1.29 is 22.8 Å². The summed E-state index contributed by atoms with van der Waals surface area (Å²) in [5, 5.41) is 13.6. The van der Waals surface area contributed by atoms with Gasteiger partial charge in [0.15, 0.2) is 0 Å². The molecule has 0 atom stereocenters. The van der Waals surface area contributed by atoms with Gasteiger partial charge >= 0.3 is 5.97 Å². The monoisotopic (exact) mass is 429 g/mol. The summed E-state index contributed by atoms with van der Waals surface area (Å²) in [5.74, 6) is -0.403. The Balaban J connectivity index is 1.82. The van der Waals surface area contributed by atoms with Gasteiger partial charge in [0.25, 0.3) is 10.0 Å². The molecule has 0 radical (unpaired) electrons. The maximum absolute atomic E-state index is 12.5. The zero-order chi connectivity index (χ0) is 21.9. The fraction of sp³-hybridized carbons (Fsp3) is 0.238. The van der Waals surface area contributed by atoms with E-state index in [-0.39, 0.29) is 16.1 Å². The van der Waals surface area contributed by atoms with Crippen LogP contribution in [0.2, 0.25) is 0 Å². The van der Waals surface area contributed by atoms with Gasteiger partial charge in [-0.15, -0.1) is 0 Å². The van der Waals surface area contributed by atoms with E-state index in [0.29, 0.717) is 18.7 Å². The highest BCUT2D eigenvalue weighted by Gasteiger charge is 2.19. The van der Waals surface area contributed by atoms with E-state index in [1.54, 1.807) is 37.4 Å². The molecule has 2 aromatic carbocycles. The van der Waals surface area contributed by atoms with Crippen molar-refractivity contribution >= 4 is 27.4 Å². The van der Waals surface area contributed by atoms with E-state index in [4.69, 9.17) is 4.52 Å². The molecule has 0 aliphatic carbocycles. The summed E-state index contributed by atoms with van der Waals surface area (Å²) in [6.45, 7) is 4.24. The number of sulfonamides is 1. The molecule has 0 bridgehead atoms. The number of aromatic carboxylic acids is 1. The molecule has 0 saturated carbocycles. The van der Waals surface area contributed by atoms with Crippen LogP contribution in [-0.2, 0) is 16.4 Å². The van der Waals surface area contributed by atoms with Gasteiger partial charge in [0.2, 0.25) is 0 Å². The number of carboxylic acids is 1. The van der Waals surface area contributed by atoms with E-state index in [2.05, 4.69) is 9.88 Å². The first-order chi connectivity index (χ1) is 14.2. The maximum Gasteiger partial charge on any atom is 0.337 e. The van der Waals surface area contributed by atoms with E-state index in [0.717, 1.165) is 17.0 Å². The van der Waals surface area contributed by atoms with Crippen LogP contribution >= 0.6 is 0 Å². The Morgan fingerprint density at radius 2 is 1.87 bits per heavy atom. The molecule has 1 aromatic heterocycles. The molecule has 1 heterocycles. The molecule has 0 fully saturated rings. The first kappa shape index (κ1) is 21.4. The van der Waals surface area contributed by atoms with Gasteiger partial charge in [-0.25, -0.2) is 13.2 Å². The third kappa shape index (κ3) is 4.62. The lowest BCUT2D eigenvalue weighted by Crippen LogP contribution is -2.23. The molecule has 0 spiro atoms. The Labute approximate surface area is 175 Å². The van der Waals surface area contributed by atoms with Crippen LogP contribution in [0.15, 0.2) is 57.9 Å². The number of nitrogens with one attached hydrogen (secondary N) is 1. The lowest BCUT2D eigenvalue weighted by atomic mass is 10.1. The number of aromatic nitrogens is 1. The fourth-order valence-electron chi connectivity index (χ4n) is 3.18. The molecule has 158 valence electrons. The molecule has 2 N–H and O–H groups in total. The maximum atomic E-state index is 12.5. The number of likely N-dealkylation sites (N-methyl/N-ethyl adjacent to an activating group) is 1. The highest BCUT2D eigenvalue weighted by molar-refractivity contribution is 7.92. The van der Waals surface area contributed by atoms with E-state index >= 15 is 0 Å². The molecule has 9 heteroatoms. The predicted molar refractivity (Wildman–Crippen MR) is 114 cm³/mol. The minimum atomic E-state index is -3.81. The van der Waals surface area contributed by atoms with Gasteiger partial charge in [0, 0.05) is 24.8 Å². The van der Waals surface area contributed by atoms with E-state index in [9.17, 15) is 18.3 Å². The Hall–Kier alpha value is -3.33. The van der Waals surface area contributed by atoms with Gasteiger partial charge in [-0.3, -0.25) is 4.72 Å². The lowest BCUT2D eigenvalue weighted by molar-refractivity contribution is 0.0697. The van der Waals surface area contributed by atoms with Gasteiger partial charge in [-0.1, -0.05) is 23.4 Å². The molecule has 0 unspecified atom stereocenters. The molecule has 0 aliphatic rings. The Morgan fingerprint density at radius 1 is 1.17 bits per heavy atom. The van der Waals surface area contributed by atoms with Gasteiger partial charge in [-0.2, -0.15) is 0 Å². The number of hydrogen-bond acceptors (Lipinski definition) is 6. The van der Waals surface area contributed by atoms with Gasteiger partial charge < -0.3 is 14.5 Å². The van der Waals surface area contributed by atoms with Crippen molar-refractivity contribution in [2.45, 2.75) is 25.2 Å². The van der Waals surface area contributed by atoms with Crippen LogP contribution in [0.4, 0.5) is 11.4 Å². The smallest absolute Gasteiger partial charge is 0.337 e. The van der Waals surface area contributed by atoms with Crippen LogP contribution in [0.5, 0.6) is 0 Å². The van der Waals surface area contributed by atoms with Crippen LogP contribution in [0.1, 0.15) is 27.4 Å². The van der Waals surface area contributed by atoms with E-state index in [1.807, 2.05) is 18.7 Å². The second kappa shape index (κ2) is 8.58. The predicted octanol–water partition coefficient (Wildman–Crippen LogP) is 3.47. The molecule has 8 nitrogen and oxygen atoms in total. The number of carboxylic acid groups (broad SMARTS) is 1. The average molecular weight is 429 g/mol. The van der Waals surface area contributed by atoms with Crippen molar-refractivity contribution in [2.75, 3.05) is 23.2 Å². The first-order valence-electron chi connectivity index (χ1n) is 9.27. The summed E-state index contributed by atoms with van der Waals surface area (Å²) < 4.78 is 32.6. The fourth-order valence-corrected chi connectivity index (χ4v) is 4.25. The van der Waals surface area contributed by atoms with E-state index < -0.39 is 16.0 Å². The number of hydrogen-bond donors (Lipinski definition) is 2. The van der Waals surface area contributed by atoms with Gasteiger partial charge in [-0.05, 0) is 50.6 Å². The Bertz CT molecular complexity index is 1140. The highest BCUT2D eigenvalue weighted by atomic mass is 32.2. The van der Waals surface area contributed by atoms with Crippen LogP contribution in [0, 0.1) is 13.8 Å². The summed E-state index contributed by atoms with van der Waals surface area (Å²) in [5.41, 5.74) is 2.47. The second-order valence-electron chi connectivity index (χ2n) is 6.93. The topological polar surface area (TPSA) is 113 Å². The number of anilines is 2. The second-order valence-corrected chi connectivity index (χ2v) is 8.61. The minimum Gasteiger partial charge on any atom is -0.478 e. The minimum absolute atomic E-state index is 0.00419. The molecule has 3 rings (SSSR count). The zero-order valence-corrected chi connectivity index (χ0v) is 17.7. The van der Waals surface area contributed by atoms with Crippen LogP contribution < -0.4 is 9.62 Å². The molecular weight excluding hydrogens is 406 g/mol. The SMILES string of the molecule is Cc1noc(C)c1CCN(C)c1ccc(NS(=O)(=O)c2ccccc2)cc1C(=O)O. The van der Waals surface area contributed by atoms with Crippen molar-refractivity contribution in [2.24, 2.45) is 0 Å². The molecule has 3 aromatic rings. The van der Waals surface area contributed by atoms with Crippen molar-refractivity contribution in [1.82, 2.24) is 5.16 Å². The summed E-state index contributed by atoms with van der Waals surface area (Å²) in [4.78, 5) is 13.7. The summed E-state index contributed by atoms with van der Waals surface area (Å²) >= 11 is 0. The first-order valence-corrected chi connectivity index (χ1v) is 10.8. The molecule has 0 amide bonds. The lowest BCUT2D eigenvalue weighted by Gasteiger charge is -2.22. The summed E-state index contributed by atoms with van der Waals surface area (Å²) in [6.07, 6.45) is 0.638. The van der Waals surface area contributed by atoms with Gasteiger partial charge in [0.05, 0.1) is 21.8 Å². The summed E-state index contributed by atoms with van der Waals surface area (Å²) in [7, 11) is -2.03. The number of aryl methyl sites for hydroxylation is 2. The largest absolute Gasteiger partial charge is 0.478 e. The quantitative estimate of drug-likeness (QED) is 0.564. The zero-order valence-electron chi connectivity index (χ0n) is 16.9. The van der Waals surface area contributed by atoms with Crippen LogP contribution in [0.3, 0.4) is 0 Å².